The summed E-state index contributed by atoms with van der Waals surface area (Å²) in [6.45, 7) is 0. The zero-order valence-electron chi connectivity index (χ0n) is 14.6. The average Bonchev–Trinajstić information content (AvgIpc) is 3.13. The fourth-order valence-electron chi connectivity index (χ4n) is 2.86. The molecule has 6 nitrogen and oxygen atoms in total. The van der Waals surface area contributed by atoms with E-state index in [-0.39, 0.29) is 11.3 Å². The van der Waals surface area contributed by atoms with E-state index in [4.69, 9.17) is 0 Å². The van der Waals surface area contributed by atoms with E-state index >= 15 is 0 Å². The summed E-state index contributed by atoms with van der Waals surface area (Å²) in [6, 6.07) is 17.3. The summed E-state index contributed by atoms with van der Waals surface area (Å²) < 4.78 is 2.46. The van der Waals surface area contributed by atoms with Crippen molar-refractivity contribution in [1.82, 2.24) is 4.98 Å². The minimum Gasteiger partial charge on any atom is -0.320 e. The summed E-state index contributed by atoms with van der Waals surface area (Å²) in [6.07, 6.45) is 0. The minimum atomic E-state index is -0.569. The first-order chi connectivity index (χ1) is 13.9. The van der Waals surface area contributed by atoms with Crippen LogP contribution in [0.1, 0.15) is 10.4 Å². The number of para-hydroxylation sites is 2. The van der Waals surface area contributed by atoms with Crippen LogP contribution < -0.4 is 5.32 Å². The van der Waals surface area contributed by atoms with Gasteiger partial charge in [-0.3, -0.25) is 14.9 Å². The lowest BCUT2D eigenvalue weighted by atomic mass is 10.1. The molecule has 144 valence electrons. The van der Waals surface area contributed by atoms with Crippen LogP contribution in [0.3, 0.4) is 0 Å². The Kier molecular flexibility index (Phi) is 5.44. The summed E-state index contributed by atoms with van der Waals surface area (Å²) in [5, 5.41) is 14.8. The molecule has 3 aromatic carbocycles. The quantitative estimate of drug-likeness (QED) is 0.235. The highest BCUT2D eigenvalue weighted by Crippen LogP contribution is 2.40. The number of rotatable bonds is 4. The highest BCUT2D eigenvalue weighted by molar-refractivity contribution is 9.11. The molecule has 0 atom stereocenters. The number of hydrogen-bond acceptors (Lipinski definition) is 5. The van der Waals surface area contributed by atoms with Gasteiger partial charge in [0.15, 0.2) is 0 Å². The highest BCUT2D eigenvalue weighted by atomic mass is 79.9. The Morgan fingerprint density at radius 2 is 1.79 bits per heavy atom. The van der Waals surface area contributed by atoms with Gasteiger partial charge in [0.25, 0.3) is 11.6 Å². The van der Waals surface area contributed by atoms with Gasteiger partial charge in [-0.25, -0.2) is 4.98 Å². The van der Waals surface area contributed by atoms with E-state index in [1.165, 1.54) is 29.5 Å². The van der Waals surface area contributed by atoms with Crippen LogP contribution in [0.4, 0.5) is 11.4 Å². The molecule has 1 heterocycles. The fourth-order valence-corrected chi connectivity index (χ4v) is 5.17. The molecule has 1 N–H and O–H groups in total. The average molecular weight is 533 g/mol. The Morgan fingerprint density at radius 1 is 1.07 bits per heavy atom. The molecule has 0 aliphatic heterocycles. The third-order valence-electron chi connectivity index (χ3n) is 4.16. The van der Waals surface area contributed by atoms with Gasteiger partial charge >= 0.3 is 0 Å². The van der Waals surface area contributed by atoms with Gasteiger partial charge in [-0.2, -0.15) is 0 Å². The maximum Gasteiger partial charge on any atom is 0.282 e. The SMILES string of the molecule is O=C(Nc1c(Br)cc(Br)cc1-c1nc2ccccc2s1)c1ccccc1[N+](=O)[O-]. The smallest absolute Gasteiger partial charge is 0.282 e. The van der Waals surface area contributed by atoms with E-state index < -0.39 is 10.8 Å². The third kappa shape index (κ3) is 3.93. The molecule has 9 heteroatoms. The molecule has 1 amide bonds. The van der Waals surface area contributed by atoms with Crippen molar-refractivity contribution in [2.45, 2.75) is 0 Å². The highest BCUT2D eigenvalue weighted by Gasteiger charge is 2.22. The molecule has 0 bridgehead atoms. The van der Waals surface area contributed by atoms with Crippen LogP contribution in [0.15, 0.2) is 69.6 Å². The van der Waals surface area contributed by atoms with Crippen molar-refractivity contribution in [1.29, 1.82) is 0 Å². The van der Waals surface area contributed by atoms with Gasteiger partial charge in [0.05, 0.1) is 20.8 Å². The van der Waals surface area contributed by atoms with Crippen molar-refractivity contribution in [3.8, 4) is 10.6 Å². The van der Waals surface area contributed by atoms with Crippen LogP contribution >= 0.6 is 43.2 Å². The lowest BCUT2D eigenvalue weighted by Crippen LogP contribution is -2.15. The number of aromatic nitrogens is 1. The van der Waals surface area contributed by atoms with Gasteiger partial charge < -0.3 is 5.32 Å². The van der Waals surface area contributed by atoms with Crippen LogP contribution in [0.25, 0.3) is 20.8 Å². The zero-order chi connectivity index (χ0) is 20.5. The van der Waals surface area contributed by atoms with Gasteiger partial charge in [-0.1, -0.05) is 40.2 Å². The number of fused-ring (bicyclic) bond motifs is 1. The Morgan fingerprint density at radius 3 is 2.55 bits per heavy atom. The van der Waals surface area contributed by atoms with E-state index in [2.05, 4.69) is 42.2 Å². The lowest BCUT2D eigenvalue weighted by molar-refractivity contribution is -0.385. The van der Waals surface area contributed by atoms with E-state index in [0.29, 0.717) is 15.7 Å². The standard InChI is InChI=1S/C20H11Br2N3O3S/c21-11-9-13(20-23-15-6-2-4-8-17(15)29-20)18(14(22)10-11)24-19(26)12-5-1-3-7-16(12)25(27)28/h1-10H,(H,24,26). The van der Waals surface area contributed by atoms with Crippen LogP contribution in [-0.4, -0.2) is 15.8 Å². The molecule has 0 radical (unpaired) electrons. The Bertz CT molecular complexity index is 1240. The van der Waals surface area contributed by atoms with Crippen LogP contribution in [0.5, 0.6) is 0 Å². The van der Waals surface area contributed by atoms with Gasteiger partial charge in [0.1, 0.15) is 10.6 Å². The number of hydrogen-bond donors (Lipinski definition) is 1. The zero-order valence-corrected chi connectivity index (χ0v) is 18.5. The van der Waals surface area contributed by atoms with Gasteiger partial charge in [0.2, 0.25) is 0 Å². The monoisotopic (exact) mass is 531 g/mol. The van der Waals surface area contributed by atoms with Crippen LogP contribution in [0, 0.1) is 10.1 Å². The van der Waals surface area contributed by atoms with Crippen LogP contribution in [0.2, 0.25) is 0 Å². The number of nitro benzene ring substituents is 1. The van der Waals surface area contributed by atoms with Gasteiger partial charge in [0, 0.05) is 20.6 Å². The summed E-state index contributed by atoms with van der Waals surface area (Å²) in [7, 11) is 0. The second-order valence-corrected chi connectivity index (χ2v) is 8.83. The van der Waals surface area contributed by atoms with Crippen molar-refractivity contribution in [2.75, 3.05) is 5.32 Å². The lowest BCUT2D eigenvalue weighted by Gasteiger charge is -2.13. The van der Waals surface area contributed by atoms with E-state index in [0.717, 1.165) is 19.7 Å². The van der Waals surface area contributed by atoms with Crippen molar-refractivity contribution in [2.24, 2.45) is 0 Å². The van der Waals surface area contributed by atoms with Crippen molar-refractivity contribution in [3.63, 3.8) is 0 Å². The second-order valence-electron chi connectivity index (χ2n) is 6.03. The predicted octanol–water partition coefficient (Wildman–Crippen LogP) is 6.65. The molecule has 4 aromatic rings. The Labute approximate surface area is 186 Å². The molecular formula is C20H11Br2N3O3S. The molecule has 0 aliphatic rings. The molecule has 0 spiro atoms. The molecular weight excluding hydrogens is 522 g/mol. The van der Waals surface area contributed by atoms with E-state index in [1.807, 2.05) is 30.3 Å². The molecule has 29 heavy (non-hydrogen) atoms. The van der Waals surface area contributed by atoms with Gasteiger partial charge in [-0.05, 0) is 46.3 Å². The fraction of sp³-hybridized carbons (Fsp3) is 0. The summed E-state index contributed by atoms with van der Waals surface area (Å²) in [5.41, 5.74) is 1.80. The maximum absolute atomic E-state index is 12.9. The topological polar surface area (TPSA) is 85.1 Å². The number of carbonyl (C=O) groups is 1. The number of halogens is 2. The molecule has 0 unspecified atom stereocenters. The summed E-state index contributed by atoms with van der Waals surface area (Å²) in [4.78, 5) is 28.2. The van der Waals surface area contributed by atoms with E-state index in [1.54, 1.807) is 12.1 Å². The number of nitro groups is 1. The molecule has 1 aromatic heterocycles. The number of anilines is 1. The second kappa shape index (κ2) is 8.02. The van der Waals surface area contributed by atoms with Crippen molar-refractivity contribution in [3.05, 3.63) is 85.3 Å². The van der Waals surface area contributed by atoms with E-state index in [9.17, 15) is 14.9 Å². The Balaban J connectivity index is 1.80. The molecule has 0 saturated carbocycles. The Hall–Kier alpha value is -2.62. The third-order valence-corrected chi connectivity index (χ3v) is 6.32. The summed E-state index contributed by atoms with van der Waals surface area (Å²) >= 11 is 8.46. The van der Waals surface area contributed by atoms with Crippen molar-refractivity contribution >= 4 is 70.7 Å². The number of thiazole rings is 1. The molecule has 0 fully saturated rings. The molecule has 4 rings (SSSR count). The van der Waals surface area contributed by atoms with Crippen LogP contribution in [-0.2, 0) is 0 Å². The van der Waals surface area contributed by atoms with Crippen molar-refractivity contribution < 1.29 is 9.72 Å². The van der Waals surface area contributed by atoms with Gasteiger partial charge in [-0.15, -0.1) is 11.3 Å². The number of benzene rings is 3. The minimum absolute atomic E-state index is 0.0115. The number of nitrogens with zero attached hydrogens (tertiary/aromatic N) is 2. The molecule has 0 aliphatic carbocycles. The first-order valence-corrected chi connectivity index (χ1v) is 10.7. The predicted molar refractivity (Wildman–Crippen MR) is 122 cm³/mol. The first kappa shape index (κ1) is 19.7. The molecule has 0 saturated heterocycles. The number of nitrogens with one attached hydrogen (secondary N) is 1. The maximum atomic E-state index is 12.9. The number of amides is 1. The largest absolute Gasteiger partial charge is 0.320 e. The first-order valence-electron chi connectivity index (χ1n) is 8.34. The summed E-state index contributed by atoms with van der Waals surface area (Å²) in [5.74, 6) is -0.567. The number of carbonyl (C=O) groups excluding carboxylic acids is 1. The normalized spacial score (nSPS) is 10.8.